The van der Waals surface area contributed by atoms with Crippen LogP contribution in [-0.2, 0) is 4.79 Å². The van der Waals surface area contributed by atoms with Crippen LogP contribution in [-0.4, -0.2) is 43.0 Å². The standard InChI is InChI=1S/C20H19Cl2N3OS/c1-24(2)12-13-25(18(26)11-10-14-6-3-4-7-15(14)21)20-23-19-16(22)8-5-9-17(19)27-20/h3-11H,12-13H2,1-2H3/b11-10+. The van der Waals surface area contributed by atoms with Gasteiger partial charge in [0.25, 0.3) is 5.91 Å². The second-order valence-corrected chi connectivity index (χ2v) is 8.05. The normalized spacial score (nSPS) is 11.6. The van der Waals surface area contributed by atoms with Crippen molar-refractivity contribution in [1.82, 2.24) is 9.88 Å². The quantitative estimate of drug-likeness (QED) is 0.514. The van der Waals surface area contributed by atoms with E-state index in [0.29, 0.717) is 21.7 Å². The molecule has 0 spiro atoms. The highest BCUT2D eigenvalue weighted by Crippen LogP contribution is 2.33. The number of hydrogen-bond acceptors (Lipinski definition) is 4. The van der Waals surface area contributed by atoms with E-state index in [9.17, 15) is 4.79 Å². The van der Waals surface area contributed by atoms with Crippen molar-refractivity contribution in [2.45, 2.75) is 0 Å². The number of para-hydroxylation sites is 1. The molecule has 0 radical (unpaired) electrons. The third kappa shape index (κ3) is 4.87. The first kappa shape index (κ1) is 19.8. The number of likely N-dealkylation sites (N-methyl/N-ethyl adjacent to an activating group) is 1. The molecule has 0 aliphatic rings. The lowest BCUT2D eigenvalue weighted by Crippen LogP contribution is -2.35. The van der Waals surface area contributed by atoms with Gasteiger partial charge in [0.1, 0.15) is 5.52 Å². The Hall–Kier alpha value is -1.92. The number of nitrogens with zero attached hydrogens (tertiary/aromatic N) is 3. The molecule has 3 rings (SSSR count). The SMILES string of the molecule is CN(C)CCN(C(=O)/C=C/c1ccccc1Cl)c1nc2c(Cl)cccc2s1. The molecule has 27 heavy (non-hydrogen) atoms. The molecule has 0 fully saturated rings. The first-order valence-corrected chi connectivity index (χ1v) is 9.97. The van der Waals surface area contributed by atoms with Crippen LogP contribution in [0.5, 0.6) is 0 Å². The minimum atomic E-state index is -0.146. The molecule has 1 amide bonds. The second kappa shape index (κ2) is 8.85. The van der Waals surface area contributed by atoms with Crippen molar-refractivity contribution in [2.75, 3.05) is 32.1 Å². The summed E-state index contributed by atoms with van der Waals surface area (Å²) in [6.07, 6.45) is 3.26. The van der Waals surface area contributed by atoms with Gasteiger partial charge in [0, 0.05) is 24.2 Å². The molecule has 0 N–H and O–H groups in total. The molecule has 4 nitrogen and oxygen atoms in total. The zero-order valence-corrected chi connectivity index (χ0v) is 17.4. The zero-order chi connectivity index (χ0) is 19.4. The lowest BCUT2D eigenvalue weighted by molar-refractivity contribution is -0.114. The fraction of sp³-hybridized carbons (Fsp3) is 0.200. The molecule has 1 aromatic heterocycles. The third-order valence-corrected chi connectivity index (χ3v) is 5.63. The summed E-state index contributed by atoms with van der Waals surface area (Å²) in [6, 6.07) is 13.0. The Morgan fingerprint density at radius 1 is 1.07 bits per heavy atom. The molecule has 1 heterocycles. The topological polar surface area (TPSA) is 36.4 Å². The smallest absolute Gasteiger partial charge is 0.252 e. The highest BCUT2D eigenvalue weighted by Gasteiger charge is 2.19. The minimum absolute atomic E-state index is 0.146. The molecule has 0 aliphatic carbocycles. The average Bonchev–Trinajstić information content (AvgIpc) is 3.06. The van der Waals surface area contributed by atoms with E-state index in [1.165, 1.54) is 17.4 Å². The average molecular weight is 420 g/mol. The van der Waals surface area contributed by atoms with Gasteiger partial charge in [0.05, 0.1) is 9.72 Å². The molecule has 0 aliphatic heterocycles. The molecule has 7 heteroatoms. The van der Waals surface area contributed by atoms with E-state index in [1.54, 1.807) is 23.1 Å². The fourth-order valence-electron chi connectivity index (χ4n) is 2.48. The Labute approximate surface area is 172 Å². The summed E-state index contributed by atoms with van der Waals surface area (Å²) < 4.78 is 0.954. The van der Waals surface area contributed by atoms with E-state index in [-0.39, 0.29) is 5.91 Å². The molecule has 0 bridgehead atoms. The number of amides is 1. The zero-order valence-electron chi connectivity index (χ0n) is 15.0. The van der Waals surface area contributed by atoms with Gasteiger partial charge in [-0.2, -0.15) is 0 Å². The molecule has 2 aromatic carbocycles. The van der Waals surface area contributed by atoms with Crippen molar-refractivity contribution in [3.63, 3.8) is 0 Å². The number of aromatic nitrogens is 1. The number of rotatable bonds is 6. The summed E-state index contributed by atoms with van der Waals surface area (Å²) in [4.78, 5) is 21.2. The number of hydrogen-bond donors (Lipinski definition) is 0. The first-order valence-electron chi connectivity index (χ1n) is 8.39. The van der Waals surface area contributed by atoms with Gasteiger partial charge < -0.3 is 4.90 Å². The maximum Gasteiger partial charge on any atom is 0.252 e. The maximum absolute atomic E-state index is 12.9. The monoisotopic (exact) mass is 419 g/mol. The Kier molecular flexibility index (Phi) is 6.50. The summed E-state index contributed by atoms with van der Waals surface area (Å²) in [7, 11) is 3.94. The fourth-order valence-corrected chi connectivity index (χ4v) is 3.98. The van der Waals surface area contributed by atoms with Gasteiger partial charge in [-0.15, -0.1) is 0 Å². The predicted molar refractivity (Wildman–Crippen MR) is 116 cm³/mol. The number of anilines is 1. The number of carbonyl (C=O) groups is 1. The molecule has 0 saturated carbocycles. The number of carbonyl (C=O) groups excluding carboxylic acids is 1. The minimum Gasteiger partial charge on any atom is -0.308 e. The van der Waals surface area contributed by atoms with Crippen molar-refractivity contribution >= 4 is 61.9 Å². The summed E-state index contributed by atoms with van der Waals surface area (Å²) in [6.45, 7) is 1.24. The van der Waals surface area contributed by atoms with E-state index < -0.39 is 0 Å². The molecule has 0 atom stereocenters. The van der Waals surface area contributed by atoms with Crippen molar-refractivity contribution in [2.24, 2.45) is 0 Å². The predicted octanol–water partition coefficient (Wildman–Crippen LogP) is 5.21. The van der Waals surface area contributed by atoms with Gasteiger partial charge >= 0.3 is 0 Å². The van der Waals surface area contributed by atoms with Crippen molar-refractivity contribution < 1.29 is 4.79 Å². The van der Waals surface area contributed by atoms with E-state index >= 15 is 0 Å². The van der Waals surface area contributed by atoms with E-state index in [2.05, 4.69) is 4.98 Å². The van der Waals surface area contributed by atoms with Gasteiger partial charge in [-0.1, -0.05) is 58.8 Å². The molecule has 0 saturated heterocycles. The lowest BCUT2D eigenvalue weighted by atomic mass is 10.2. The van der Waals surface area contributed by atoms with Crippen LogP contribution < -0.4 is 4.90 Å². The maximum atomic E-state index is 12.9. The van der Waals surface area contributed by atoms with Gasteiger partial charge in [0.15, 0.2) is 5.13 Å². The largest absolute Gasteiger partial charge is 0.308 e. The number of benzene rings is 2. The summed E-state index contributed by atoms with van der Waals surface area (Å²) in [5.41, 5.74) is 1.52. The van der Waals surface area contributed by atoms with Crippen molar-refractivity contribution in [3.8, 4) is 0 Å². The number of halogens is 2. The second-order valence-electron chi connectivity index (χ2n) is 6.23. The van der Waals surface area contributed by atoms with Gasteiger partial charge in [-0.3, -0.25) is 9.69 Å². The summed E-state index contributed by atoms with van der Waals surface area (Å²) >= 11 is 13.9. The van der Waals surface area contributed by atoms with Crippen LogP contribution in [0.2, 0.25) is 10.0 Å². The van der Waals surface area contributed by atoms with Crippen LogP contribution in [0.4, 0.5) is 5.13 Å². The van der Waals surface area contributed by atoms with Crippen LogP contribution in [0.15, 0.2) is 48.5 Å². The molecule has 0 unspecified atom stereocenters. The van der Waals surface area contributed by atoms with Crippen LogP contribution in [0.25, 0.3) is 16.3 Å². The Morgan fingerprint density at radius 2 is 1.81 bits per heavy atom. The third-order valence-electron chi connectivity index (χ3n) is 3.94. The Morgan fingerprint density at radius 3 is 2.52 bits per heavy atom. The molecule has 140 valence electrons. The Balaban J connectivity index is 1.91. The van der Waals surface area contributed by atoms with Crippen LogP contribution in [0.1, 0.15) is 5.56 Å². The van der Waals surface area contributed by atoms with E-state index in [4.69, 9.17) is 23.2 Å². The highest BCUT2D eigenvalue weighted by molar-refractivity contribution is 7.22. The molecular weight excluding hydrogens is 401 g/mol. The number of fused-ring (bicyclic) bond motifs is 1. The van der Waals surface area contributed by atoms with Crippen molar-refractivity contribution in [1.29, 1.82) is 0 Å². The van der Waals surface area contributed by atoms with Gasteiger partial charge in [-0.25, -0.2) is 4.98 Å². The van der Waals surface area contributed by atoms with Crippen LogP contribution in [0, 0.1) is 0 Å². The van der Waals surface area contributed by atoms with Gasteiger partial charge in [-0.05, 0) is 43.9 Å². The Bertz CT molecular complexity index is 984. The summed E-state index contributed by atoms with van der Waals surface area (Å²) in [5.74, 6) is -0.146. The number of thiazole rings is 1. The first-order chi connectivity index (χ1) is 13.0. The molecular formula is C20H19Cl2N3OS. The van der Waals surface area contributed by atoms with Crippen LogP contribution >= 0.6 is 34.5 Å². The lowest BCUT2D eigenvalue weighted by Gasteiger charge is -2.20. The molecule has 3 aromatic rings. The van der Waals surface area contributed by atoms with E-state index in [1.807, 2.05) is 49.3 Å². The van der Waals surface area contributed by atoms with Crippen molar-refractivity contribution in [3.05, 3.63) is 64.1 Å². The van der Waals surface area contributed by atoms with Crippen LogP contribution in [0.3, 0.4) is 0 Å². The van der Waals surface area contributed by atoms with E-state index in [0.717, 1.165) is 22.3 Å². The van der Waals surface area contributed by atoms with Gasteiger partial charge in [0.2, 0.25) is 0 Å². The summed E-state index contributed by atoms with van der Waals surface area (Å²) in [5, 5.41) is 1.82. The highest BCUT2D eigenvalue weighted by atomic mass is 35.5.